The maximum Gasteiger partial charge on any atom is 0.414 e. The van der Waals surface area contributed by atoms with Crippen LogP contribution in [0.1, 0.15) is 39.0 Å². The number of nitrogens with zero attached hydrogens (tertiary/aromatic N) is 1. The number of hydrogen-bond donors (Lipinski definition) is 6. The lowest BCUT2D eigenvalue weighted by Crippen LogP contribution is -2.51. The van der Waals surface area contributed by atoms with Crippen LogP contribution in [0.15, 0.2) is 5.16 Å². The zero-order chi connectivity index (χ0) is 22.8. The van der Waals surface area contributed by atoms with E-state index in [0.717, 1.165) is 25.7 Å². The first-order valence-electron chi connectivity index (χ1n) is 10.1. The predicted molar refractivity (Wildman–Crippen MR) is 108 cm³/mol. The molecule has 0 aromatic rings. The quantitative estimate of drug-likeness (QED) is 0.122. The van der Waals surface area contributed by atoms with Crippen LogP contribution in [0.5, 0.6) is 0 Å². The molecule has 5 atom stereocenters. The normalized spacial score (nSPS) is 31.5. The molecule has 11 heteroatoms. The lowest BCUT2D eigenvalue weighted by molar-refractivity contribution is -0.159. The summed E-state index contributed by atoms with van der Waals surface area (Å²) < 4.78 is 5.66. The number of likely N-dealkylation sites (N-methyl/N-ethyl adjacent to an activating group) is 2. The minimum absolute atomic E-state index is 0.0259. The van der Waals surface area contributed by atoms with Gasteiger partial charge >= 0.3 is 11.9 Å². The van der Waals surface area contributed by atoms with Crippen molar-refractivity contribution >= 4 is 18.2 Å². The summed E-state index contributed by atoms with van der Waals surface area (Å²) >= 11 is 0. The van der Waals surface area contributed by atoms with Crippen LogP contribution in [-0.4, -0.2) is 90.4 Å². The van der Waals surface area contributed by atoms with Crippen molar-refractivity contribution in [3.63, 3.8) is 0 Å². The largest absolute Gasteiger partial charge is 0.473 e. The maximum atomic E-state index is 11.2. The topological polar surface area (TPSA) is 170 Å². The van der Waals surface area contributed by atoms with Crippen molar-refractivity contribution < 1.29 is 39.6 Å². The van der Waals surface area contributed by atoms with Gasteiger partial charge in [0.1, 0.15) is 0 Å². The lowest BCUT2D eigenvalue weighted by Gasteiger charge is -2.48. The van der Waals surface area contributed by atoms with Crippen LogP contribution in [0, 0.1) is 11.3 Å². The number of nitrogens with one attached hydrogen (secondary N) is 2. The zero-order valence-corrected chi connectivity index (χ0v) is 17.8. The Hall–Kier alpha value is -1.79. The monoisotopic (exact) mass is 433 g/mol. The van der Waals surface area contributed by atoms with Crippen LogP contribution < -0.4 is 10.6 Å². The van der Waals surface area contributed by atoms with Gasteiger partial charge in [-0.15, -0.1) is 0 Å². The van der Waals surface area contributed by atoms with Gasteiger partial charge in [-0.25, -0.2) is 9.59 Å². The fraction of sp³-hybridized carbons (Fsp3) is 0.842. The van der Waals surface area contributed by atoms with Crippen LogP contribution in [0.4, 0.5) is 0 Å². The molecule has 2 fully saturated rings. The van der Waals surface area contributed by atoms with E-state index >= 15 is 0 Å². The molecule has 2 rings (SSSR count). The number of aliphatic hydroxyl groups is 2. The maximum absolute atomic E-state index is 11.2. The molecule has 0 aliphatic heterocycles. The Morgan fingerprint density at radius 2 is 1.90 bits per heavy atom. The van der Waals surface area contributed by atoms with Crippen molar-refractivity contribution in [2.24, 2.45) is 16.5 Å². The Morgan fingerprint density at radius 3 is 2.43 bits per heavy atom. The Kier molecular flexibility index (Phi) is 10.6. The number of hydrogen-bond acceptors (Lipinski definition) is 9. The molecular formula is C19H35N3O8. The summed E-state index contributed by atoms with van der Waals surface area (Å²) in [6.45, 7) is 3.19. The summed E-state index contributed by atoms with van der Waals surface area (Å²) in [5.74, 6) is -3.45. The number of ether oxygens (including phenoxy) is 1. The Morgan fingerprint density at radius 1 is 1.23 bits per heavy atom. The van der Waals surface area contributed by atoms with E-state index in [4.69, 9.17) is 34.5 Å². The molecule has 2 aliphatic carbocycles. The number of carboxylic acids is 2. The van der Waals surface area contributed by atoms with Gasteiger partial charge in [0.05, 0.1) is 24.9 Å². The molecule has 6 N–H and O–H groups in total. The van der Waals surface area contributed by atoms with E-state index in [1.165, 1.54) is 0 Å². The molecule has 1 unspecified atom stereocenters. The van der Waals surface area contributed by atoms with Crippen LogP contribution >= 0.6 is 0 Å². The van der Waals surface area contributed by atoms with E-state index in [1.54, 1.807) is 0 Å². The number of oxime groups is 1. The fourth-order valence-electron chi connectivity index (χ4n) is 4.20. The van der Waals surface area contributed by atoms with Crippen molar-refractivity contribution in [3.05, 3.63) is 0 Å². The molecular weight excluding hydrogens is 398 g/mol. The minimum atomic E-state index is -1.82. The van der Waals surface area contributed by atoms with Gasteiger partial charge in [0, 0.05) is 30.5 Å². The lowest BCUT2D eigenvalue weighted by atomic mass is 9.62. The van der Waals surface area contributed by atoms with Gasteiger partial charge in [0.25, 0.3) is 0 Å². The number of fused-ring (bicyclic) bond motifs is 1. The summed E-state index contributed by atoms with van der Waals surface area (Å²) in [5, 5.41) is 45.1. The van der Waals surface area contributed by atoms with Gasteiger partial charge in [-0.3, -0.25) is 5.32 Å². The van der Waals surface area contributed by atoms with Crippen molar-refractivity contribution in [2.75, 3.05) is 33.9 Å². The van der Waals surface area contributed by atoms with E-state index in [0.29, 0.717) is 19.6 Å². The third-order valence-electron chi connectivity index (χ3n) is 6.07. The molecule has 174 valence electrons. The van der Waals surface area contributed by atoms with E-state index < -0.39 is 17.5 Å². The first kappa shape index (κ1) is 26.2. The molecule has 0 bridgehead atoms. The highest BCUT2D eigenvalue weighted by Gasteiger charge is 2.58. The van der Waals surface area contributed by atoms with Gasteiger partial charge in [-0.2, -0.15) is 0 Å². The van der Waals surface area contributed by atoms with Gasteiger partial charge in [0.2, 0.25) is 0 Å². The number of rotatable bonds is 9. The van der Waals surface area contributed by atoms with Crippen LogP contribution in [-0.2, 0) is 19.2 Å². The highest BCUT2D eigenvalue weighted by molar-refractivity contribution is 6.27. The third kappa shape index (κ3) is 6.88. The summed E-state index contributed by atoms with van der Waals surface area (Å²) in [7, 11) is 3.70. The average Bonchev–Trinajstić information content (AvgIpc) is 2.96. The number of carboxylic acid groups (broad SMARTS) is 2. The van der Waals surface area contributed by atoms with Crippen molar-refractivity contribution in [1.29, 1.82) is 0 Å². The second-order valence-corrected chi connectivity index (χ2v) is 7.86. The highest BCUT2D eigenvalue weighted by Crippen LogP contribution is 2.57. The average molecular weight is 434 g/mol. The molecule has 0 aromatic heterocycles. The number of aliphatic carboxylic acids is 2. The summed E-state index contributed by atoms with van der Waals surface area (Å²) in [6.07, 6.45) is 5.83. The molecule has 2 saturated carbocycles. The van der Waals surface area contributed by atoms with Crippen LogP contribution in [0.2, 0.25) is 0 Å². The number of aliphatic hydroxyl groups excluding tert-OH is 1. The Labute approximate surface area is 176 Å². The molecule has 2 aliphatic rings. The molecule has 0 saturated heterocycles. The van der Waals surface area contributed by atoms with Gasteiger partial charge in [-0.05, 0) is 39.8 Å². The predicted octanol–water partition coefficient (Wildman–Crippen LogP) is -0.382. The Bertz CT molecular complexity index is 578. The smallest absolute Gasteiger partial charge is 0.414 e. The standard InChI is InChI=1S/C17H33N3O4.C2H2O4/c1-16-6-5-14(23-9-8-21)10-17(16,22)7-4-13(16)11-20-24-15(19-3)12-18-2;3-1(4)2(5)6/h11,13-15,18-19,21-22H,4-10,12H2,1-3H3;(H,3,4)(H,5,6)/t13-,14+,15?,16-,17+;/m1./s1. The van der Waals surface area contributed by atoms with Gasteiger partial charge in [-0.1, -0.05) is 12.1 Å². The SMILES string of the molecule is CNCC(NC)ON=C[C@H]1CC[C@]2(O)C[C@@H](OCCO)CC[C@]12C.O=C(O)C(=O)O. The van der Waals surface area contributed by atoms with Crippen LogP contribution in [0.3, 0.4) is 0 Å². The second kappa shape index (κ2) is 12.2. The fourth-order valence-corrected chi connectivity index (χ4v) is 4.20. The first-order valence-corrected chi connectivity index (χ1v) is 10.1. The first-order chi connectivity index (χ1) is 14.1. The van der Waals surface area contributed by atoms with E-state index in [1.807, 2.05) is 20.3 Å². The van der Waals surface area contributed by atoms with Gasteiger partial charge < -0.3 is 35.3 Å². The molecule has 11 nitrogen and oxygen atoms in total. The zero-order valence-electron chi connectivity index (χ0n) is 17.8. The van der Waals surface area contributed by atoms with Crippen molar-refractivity contribution in [2.45, 2.75) is 57.0 Å². The van der Waals surface area contributed by atoms with E-state index in [2.05, 4.69) is 22.7 Å². The Balaban J connectivity index is 0.000000656. The second-order valence-electron chi connectivity index (χ2n) is 7.86. The van der Waals surface area contributed by atoms with Gasteiger partial charge in [0.15, 0.2) is 6.23 Å². The summed E-state index contributed by atoms with van der Waals surface area (Å²) in [4.78, 5) is 23.7. The molecule has 0 heterocycles. The molecule has 0 spiro atoms. The summed E-state index contributed by atoms with van der Waals surface area (Å²) in [6, 6.07) is 0. The molecule has 0 aromatic carbocycles. The molecule has 0 amide bonds. The van der Waals surface area contributed by atoms with E-state index in [-0.39, 0.29) is 30.3 Å². The van der Waals surface area contributed by atoms with Crippen LogP contribution in [0.25, 0.3) is 0 Å². The summed E-state index contributed by atoms with van der Waals surface area (Å²) in [5.41, 5.74) is -0.924. The highest BCUT2D eigenvalue weighted by atomic mass is 16.6. The minimum Gasteiger partial charge on any atom is -0.473 e. The van der Waals surface area contributed by atoms with Crippen molar-refractivity contribution in [1.82, 2.24) is 10.6 Å². The number of carbonyl (C=O) groups is 2. The molecule has 30 heavy (non-hydrogen) atoms. The third-order valence-corrected chi connectivity index (χ3v) is 6.07. The molecule has 0 radical (unpaired) electrons. The van der Waals surface area contributed by atoms with Crippen molar-refractivity contribution in [3.8, 4) is 0 Å². The van der Waals surface area contributed by atoms with E-state index in [9.17, 15) is 5.11 Å².